The molecule has 88 valence electrons. The predicted octanol–water partition coefficient (Wildman–Crippen LogP) is 4.80. The van der Waals surface area contributed by atoms with Gasteiger partial charge in [0.2, 0.25) is 0 Å². The molecule has 0 heterocycles. The van der Waals surface area contributed by atoms with Gasteiger partial charge in [-0.05, 0) is 19.3 Å². The molecule has 14 heavy (non-hydrogen) atoms. The molecule has 0 aromatic rings. The van der Waals surface area contributed by atoms with Crippen LogP contribution in [0.5, 0.6) is 0 Å². The fourth-order valence-electron chi connectivity index (χ4n) is 0.595. The van der Waals surface area contributed by atoms with Crippen LogP contribution in [0.3, 0.4) is 0 Å². The van der Waals surface area contributed by atoms with Crippen molar-refractivity contribution in [3.63, 3.8) is 0 Å². The minimum Gasteiger partial charge on any atom is -0.381 e. The maximum absolute atomic E-state index is 5.31. The van der Waals surface area contributed by atoms with Crippen LogP contribution in [0.25, 0.3) is 0 Å². The average Bonchev–Trinajstić information content (AvgIpc) is 2.19. The van der Waals surface area contributed by atoms with Crippen molar-refractivity contribution in [1.82, 2.24) is 0 Å². The number of hydrogen-bond donors (Lipinski definition) is 0. The normalized spacial score (nSPS) is 9.86. The van der Waals surface area contributed by atoms with Gasteiger partial charge in [0, 0.05) is 13.2 Å². The van der Waals surface area contributed by atoms with Gasteiger partial charge in [-0.15, -0.1) is 23.2 Å². The van der Waals surface area contributed by atoms with E-state index < -0.39 is 0 Å². The lowest BCUT2D eigenvalue weighted by atomic mass is 10.3. The van der Waals surface area contributed by atoms with Gasteiger partial charge in [0.15, 0.2) is 0 Å². The van der Waals surface area contributed by atoms with Crippen molar-refractivity contribution >= 4 is 23.2 Å². The molecule has 0 aliphatic heterocycles. The fourth-order valence-corrected chi connectivity index (χ4v) is 0.595. The van der Waals surface area contributed by atoms with Gasteiger partial charge in [-0.2, -0.15) is 0 Å². The summed E-state index contributed by atoms with van der Waals surface area (Å²) in [6.45, 7) is 8.21. The number of alkyl halides is 2. The van der Waals surface area contributed by atoms with Gasteiger partial charge >= 0.3 is 0 Å². The van der Waals surface area contributed by atoms with Crippen LogP contribution in [0.4, 0.5) is 0 Å². The second-order valence-electron chi connectivity index (χ2n) is 3.12. The molecule has 0 aromatic heterocycles. The van der Waals surface area contributed by atoms with Crippen LogP contribution in [0, 0.1) is 0 Å². The third kappa shape index (κ3) is 22.9. The zero-order chi connectivity index (χ0) is 11.2. The molecule has 0 spiro atoms. The summed E-state index contributed by atoms with van der Waals surface area (Å²) >= 11 is 10.5. The molecule has 0 rings (SSSR count). The Balaban J connectivity index is 0. The van der Waals surface area contributed by atoms with E-state index in [4.69, 9.17) is 27.9 Å². The van der Waals surface area contributed by atoms with Crippen molar-refractivity contribution in [2.75, 3.05) is 13.2 Å². The van der Waals surface area contributed by atoms with Gasteiger partial charge in [0.1, 0.15) is 4.84 Å². The molecule has 0 aliphatic carbocycles. The smallest absolute Gasteiger partial charge is 0.107 e. The Bertz CT molecular complexity index is 81.4. The van der Waals surface area contributed by atoms with Crippen molar-refractivity contribution in [1.29, 1.82) is 0 Å². The number of halogens is 2. The summed E-state index contributed by atoms with van der Waals surface area (Å²) in [4.78, 5) is -0.171. The maximum atomic E-state index is 5.31. The molecule has 0 aliphatic rings. The highest BCUT2D eigenvalue weighted by Gasteiger charge is 1.86. The van der Waals surface area contributed by atoms with E-state index >= 15 is 0 Å². The summed E-state index contributed by atoms with van der Waals surface area (Å²) in [5.74, 6) is 0. The summed E-state index contributed by atoms with van der Waals surface area (Å²) < 4.78 is 5.31. The fraction of sp³-hybridized carbons (Fsp3) is 1.00. The van der Waals surface area contributed by atoms with Gasteiger partial charge in [0.25, 0.3) is 0 Å². The molecule has 0 N–H and O–H groups in total. The highest BCUT2D eigenvalue weighted by atomic mass is 35.5. The zero-order valence-corrected chi connectivity index (χ0v) is 11.2. The lowest BCUT2D eigenvalue weighted by molar-refractivity contribution is 0.128. The van der Waals surface area contributed by atoms with Gasteiger partial charge < -0.3 is 4.74 Å². The number of unbranched alkanes of at least 4 members (excludes halogenated alkanes) is 2. The van der Waals surface area contributed by atoms with E-state index in [2.05, 4.69) is 13.8 Å². The summed E-state index contributed by atoms with van der Waals surface area (Å²) in [7, 11) is 0. The second-order valence-corrected chi connectivity index (χ2v) is 4.40. The third-order valence-electron chi connectivity index (χ3n) is 1.59. The van der Waals surface area contributed by atoms with E-state index in [-0.39, 0.29) is 4.84 Å². The monoisotopic (exact) mass is 242 g/mol. The van der Waals surface area contributed by atoms with Crippen LogP contribution in [0.2, 0.25) is 0 Å². The molecule has 0 atom stereocenters. The van der Waals surface area contributed by atoms with E-state index in [1.165, 1.54) is 25.7 Å². The Morgan fingerprint density at radius 3 is 1.50 bits per heavy atom. The lowest BCUT2D eigenvalue weighted by Gasteiger charge is -1.99. The first kappa shape index (κ1) is 17.0. The third-order valence-corrected chi connectivity index (χ3v) is 2.21. The summed E-state index contributed by atoms with van der Waals surface area (Å²) in [6.07, 6.45) is 5.74. The molecule has 0 aromatic carbocycles. The number of hydrogen-bond acceptors (Lipinski definition) is 1. The molecule has 0 unspecified atom stereocenters. The van der Waals surface area contributed by atoms with Crippen molar-refractivity contribution in [2.45, 2.75) is 57.7 Å². The van der Waals surface area contributed by atoms with E-state index in [0.717, 1.165) is 19.6 Å². The maximum Gasteiger partial charge on any atom is 0.107 e. The van der Waals surface area contributed by atoms with E-state index in [1.807, 2.05) is 6.92 Å². The highest BCUT2D eigenvalue weighted by Crippen LogP contribution is 2.03. The Labute approximate surface area is 99.1 Å². The lowest BCUT2D eigenvalue weighted by Crippen LogP contribution is -1.95. The molecule has 0 bridgehead atoms. The topological polar surface area (TPSA) is 9.23 Å². The Hall–Kier alpha value is 0.540. The minimum atomic E-state index is -0.171. The molecular formula is C11H24Cl2O. The number of ether oxygens (including phenoxy) is 1. The highest BCUT2D eigenvalue weighted by molar-refractivity contribution is 6.44. The van der Waals surface area contributed by atoms with Gasteiger partial charge in [-0.25, -0.2) is 0 Å². The SMILES string of the molecule is CCC(Cl)Cl.CCCCOCCCC. The van der Waals surface area contributed by atoms with Crippen LogP contribution >= 0.6 is 23.2 Å². The molecule has 0 saturated heterocycles. The van der Waals surface area contributed by atoms with Crippen LogP contribution in [0.1, 0.15) is 52.9 Å². The first-order chi connectivity index (χ1) is 6.68. The summed E-state index contributed by atoms with van der Waals surface area (Å²) in [5, 5.41) is 0. The first-order valence-electron chi connectivity index (χ1n) is 5.54. The minimum absolute atomic E-state index is 0.171. The molecule has 0 saturated carbocycles. The summed E-state index contributed by atoms with van der Waals surface area (Å²) in [6, 6.07) is 0. The number of rotatable bonds is 7. The van der Waals surface area contributed by atoms with Gasteiger partial charge in [0.05, 0.1) is 0 Å². The van der Waals surface area contributed by atoms with Crippen LogP contribution in [0.15, 0.2) is 0 Å². The standard InChI is InChI=1S/C8H18O.C3H6Cl2/c1-3-5-7-9-8-6-4-2;1-2-3(4)5/h3-8H2,1-2H3;3H,2H2,1H3. The van der Waals surface area contributed by atoms with Gasteiger partial charge in [-0.3, -0.25) is 0 Å². The van der Waals surface area contributed by atoms with Crippen molar-refractivity contribution in [2.24, 2.45) is 0 Å². The zero-order valence-electron chi connectivity index (χ0n) is 9.69. The summed E-state index contributed by atoms with van der Waals surface area (Å²) in [5.41, 5.74) is 0. The van der Waals surface area contributed by atoms with Crippen molar-refractivity contribution in [3.8, 4) is 0 Å². The van der Waals surface area contributed by atoms with Crippen LogP contribution in [-0.2, 0) is 4.74 Å². The second kappa shape index (κ2) is 16.0. The van der Waals surface area contributed by atoms with Crippen LogP contribution < -0.4 is 0 Å². The first-order valence-corrected chi connectivity index (χ1v) is 6.42. The van der Waals surface area contributed by atoms with E-state index in [1.54, 1.807) is 0 Å². The van der Waals surface area contributed by atoms with E-state index in [0.29, 0.717) is 0 Å². The van der Waals surface area contributed by atoms with E-state index in [9.17, 15) is 0 Å². The average molecular weight is 243 g/mol. The van der Waals surface area contributed by atoms with Gasteiger partial charge in [-0.1, -0.05) is 33.6 Å². The Kier molecular flexibility index (Phi) is 19.4. The Morgan fingerprint density at radius 1 is 0.929 bits per heavy atom. The quantitative estimate of drug-likeness (QED) is 0.461. The molecule has 0 fully saturated rings. The molecule has 3 heteroatoms. The Morgan fingerprint density at radius 2 is 1.29 bits per heavy atom. The molecule has 1 nitrogen and oxygen atoms in total. The van der Waals surface area contributed by atoms with Crippen LogP contribution in [-0.4, -0.2) is 18.1 Å². The largest absolute Gasteiger partial charge is 0.381 e. The van der Waals surface area contributed by atoms with Crippen molar-refractivity contribution in [3.05, 3.63) is 0 Å². The molecule has 0 radical (unpaired) electrons. The van der Waals surface area contributed by atoms with Crippen molar-refractivity contribution < 1.29 is 4.74 Å². The molecular weight excluding hydrogens is 219 g/mol. The predicted molar refractivity (Wildman–Crippen MR) is 66.4 cm³/mol. The molecule has 0 amide bonds.